The van der Waals surface area contributed by atoms with Crippen molar-refractivity contribution in [3.63, 3.8) is 0 Å². The van der Waals surface area contributed by atoms with E-state index >= 15 is 0 Å². The van der Waals surface area contributed by atoms with E-state index in [9.17, 15) is 0 Å². The zero-order valence-corrected chi connectivity index (χ0v) is 12.6. The van der Waals surface area contributed by atoms with Crippen LogP contribution >= 0.6 is 11.8 Å². The monoisotopic (exact) mass is 275 g/mol. The van der Waals surface area contributed by atoms with Crippen LogP contribution in [0.25, 0.3) is 0 Å². The third kappa shape index (κ3) is 3.85. The standard InChI is InChI=1S/C15H21N3S/c1-4-19-14-7-5-12(6-8-14)15(16-2)11-13-9-10-18(3)17-13/h5-10,15-16H,4,11H2,1-3H3. The quantitative estimate of drug-likeness (QED) is 0.822. The Labute approximate surface area is 119 Å². The Balaban J connectivity index is 2.08. The van der Waals surface area contributed by atoms with E-state index in [1.807, 2.05) is 36.7 Å². The van der Waals surface area contributed by atoms with Crippen molar-refractivity contribution >= 4 is 11.8 Å². The van der Waals surface area contributed by atoms with E-state index in [1.54, 1.807) is 0 Å². The fourth-order valence-corrected chi connectivity index (χ4v) is 2.79. The summed E-state index contributed by atoms with van der Waals surface area (Å²) in [4.78, 5) is 1.33. The average molecular weight is 275 g/mol. The zero-order valence-electron chi connectivity index (χ0n) is 11.8. The van der Waals surface area contributed by atoms with E-state index < -0.39 is 0 Å². The molecule has 4 heteroatoms. The summed E-state index contributed by atoms with van der Waals surface area (Å²) in [5, 5.41) is 7.81. The number of likely N-dealkylation sites (N-methyl/N-ethyl adjacent to an activating group) is 1. The summed E-state index contributed by atoms with van der Waals surface area (Å²) >= 11 is 1.87. The Morgan fingerprint density at radius 3 is 2.53 bits per heavy atom. The smallest absolute Gasteiger partial charge is 0.0643 e. The van der Waals surface area contributed by atoms with Gasteiger partial charge >= 0.3 is 0 Å². The van der Waals surface area contributed by atoms with E-state index in [0.717, 1.165) is 17.9 Å². The van der Waals surface area contributed by atoms with Crippen LogP contribution in [0.15, 0.2) is 41.4 Å². The fraction of sp³-hybridized carbons (Fsp3) is 0.400. The molecule has 1 aromatic carbocycles. The Morgan fingerprint density at radius 2 is 2.00 bits per heavy atom. The molecule has 2 aromatic rings. The number of benzene rings is 1. The lowest BCUT2D eigenvalue weighted by Crippen LogP contribution is -2.19. The maximum atomic E-state index is 4.44. The average Bonchev–Trinajstić information content (AvgIpc) is 2.83. The highest BCUT2D eigenvalue weighted by atomic mass is 32.2. The van der Waals surface area contributed by atoms with Gasteiger partial charge < -0.3 is 5.32 Å². The Bertz CT molecular complexity index is 504. The van der Waals surface area contributed by atoms with E-state index in [-0.39, 0.29) is 0 Å². The number of aryl methyl sites for hydroxylation is 1. The van der Waals surface area contributed by atoms with Crippen molar-refractivity contribution in [2.24, 2.45) is 7.05 Å². The molecule has 1 N–H and O–H groups in total. The lowest BCUT2D eigenvalue weighted by molar-refractivity contribution is 0.577. The summed E-state index contributed by atoms with van der Waals surface area (Å²) in [7, 11) is 3.96. The molecule has 0 aliphatic carbocycles. The molecule has 1 atom stereocenters. The minimum absolute atomic E-state index is 0.315. The lowest BCUT2D eigenvalue weighted by atomic mass is 10.0. The van der Waals surface area contributed by atoms with Crippen LogP contribution in [0.1, 0.15) is 24.2 Å². The topological polar surface area (TPSA) is 29.9 Å². The summed E-state index contributed by atoms with van der Waals surface area (Å²) < 4.78 is 1.85. The Kier molecular flexibility index (Phi) is 5.05. The molecule has 0 amide bonds. The molecule has 0 saturated heterocycles. The first-order valence-corrected chi connectivity index (χ1v) is 7.60. The second-order valence-electron chi connectivity index (χ2n) is 4.53. The van der Waals surface area contributed by atoms with Gasteiger partial charge in [-0.15, -0.1) is 11.8 Å². The van der Waals surface area contributed by atoms with Crippen molar-refractivity contribution in [3.05, 3.63) is 47.8 Å². The minimum atomic E-state index is 0.315. The van der Waals surface area contributed by atoms with Gasteiger partial charge in [0, 0.05) is 30.6 Å². The highest BCUT2D eigenvalue weighted by Gasteiger charge is 2.11. The van der Waals surface area contributed by atoms with E-state index in [2.05, 4.69) is 47.7 Å². The Hall–Kier alpha value is -1.26. The van der Waals surface area contributed by atoms with Crippen molar-refractivity contribution in [1.82, 2.24) is 15.1 Å². The molecule has 0 radical (unpaired) electrons. The number of nitrogens with one attached hydrogen (secondary N) is 1. The summed E-state index contributed by atoms with van der Waals surface area (Å²) in [6.07, 6.45) is 2.90. The third-order valence-corrected chi connectivity index (χ3v) is 4.02. The molecular formula is C15H21N3S. The second kappa shape index (κ2) is 6.78. The van der Waals surface area contributed by atoms with Gasteiger partial charge in [-0.25, -0.2) is 0 Å². The van der Waals surface area contributed by atoms with Gasteiger partial charge in [-0.1, -0.05) is 19.1 Å². The predicted octanol–water partition coefficient (Wildman–Crippen LogP) is 3.04. The first kappa shape index (κ1) is 14.2. The van der Waals surface area contributed by atoms with Crippen LogP contribution < -0.4 is 5.32 Å². The minimum Gasteiger partial charge on any atom is -0.313 e. The molecule has 0 saturated carbocycles. The molecule has 2 rings (SSSR count). The van der Waals surface area contributed by atoms with Gasteiger partial charge in [-0.2, -0.15) is 5.10 Å². The molecule has 1 unspecified atom stereocenters. The molecule has 0 spiro atoms. The first-order valence-electron chi connectivity index (χ1n) is 6.61. The van der Waals surface area contributed by atoms with Crippen LogP contribution in [0.2, 0.25) is 0 Å². The van der Waals surface area contributed by atoms with Crippen molar-refractivity contribution in [1.29, 1.82) is 0 Å². The third-order valence-electron chi connectivity index (χ3n) is 3.12. The van der Waals surface area contributed by atoms with Crippen molar-refractivity contribution < 1.29 is 0 Å². The largest absolute Gasteiger partial charge is 0.313 e. The number of aromatic nitrogens is 2. The van der Waals surface area contributed by atoms with Crippen LogP contribution in [-0.4, -0.2) is 22.6 Å². The van der Waals surface area contributed by atoms with Gasteiger partial charge in [-0.3, -0.25) is 4.68 Å². The van der Waals surface area contributed by atoms with Crippen molar-refractivity contribution in [2.45, 2.75) is 24.3 Å². The molecule has 1 aromatic heterocycles. The van der Waals surface area contributed by atoms with E-state index in [1.165, 1.54) is 10.5 Å². The fourth-order valence-electron chi connectivity index (χ4n) is 2.13. The van der Waals surface area contributed by atoms with Gasteiger partial charge in [0.05, 0.1) is 5.69 Å². The first-order chi connectivity index (χ1) is 9.22. The molecular weight excluding hydrogens is 254 g/mol. The Morgan fingerprint density at radius 1 is 1.26 bits per heavy atom. The predicted molar refractivity (Wildman–Crippen MR) is 81.6 cm³/mol. The van der Waals surface area contributed by atoms with Crippen LogP contribution in [0.4, 0.5) is 0 Å². The van der Waals surface area contributed by atoms with Crippen molar-refractivity contribution in [2.75, 3.05) is 12.8 Å². The normalized spacial score (nSPS) is 12.6. The summed E-state index contributed by atoms with van der Waals surface area (Å²) in [6, 6.07) is 11.2. The molecule has 0 fully saturated rings. The number of thioether (sulfide) groups is 1. The second-order valence-corrected chi connectivity index (χ2v) is 5.87. The van der Waals surface area contributed by atoms with Gasteiger partial charge in [0.1, 0.15) is 0 Å². The molecule has 3 nitrogen and oxygen atoms in total. The van der Waals surface area contributed by atoms with E-state index in [4.69, 9.17) is 0 Å². The maximum Gasteiger partial charge on any atom is 0.0643 e. The molecule has 0 bridgehead atoms. The SMILES string of the molecule is CCSc1ccc(C(Cc2ccn(C)n2)NC)cc1. The summed E-state index contributed by atoms with van der Waals surface area (Å²) in [5.74, 6) is 1.11. The molecule has 19 heavy (non-hydrogen) atoms. The number of hydrogen-bond donors (Lipinski definition) is 1. The van der Waals surface area contributed by atoms with Crippen LogP contribution in [0.3, 0.4) is 0 Å². The number of nitrogens with zero attached hydrogens (tertiary/aromatic N) is 2. The molecule has 1 heterocycles. The summed E-state index contributed by atoms with van der Waals surface area (Å²) in [5.41, 5.74) is 2.43. The molecule has 0 aliphatic heterocycles. The summed E-state index contributed by atoms with van der Waals surface area (Å²) in [6.45, 7) is 2.18. The van der Waals surface area contributed by atoms with Crippen LogP contribution in [-0.2, 0) is 13.5 Å². The molecule has 102 valence electrons. The lowest BCUT2D eigenvalue weighted by Gasteiger charge is -2.15. The van der Waals surface area contributed by atoms with Gasteiger partial charge in [0.15, 0.2) is 0 Å². The van der Waals surface area contributed by atoms with Gasteiger partial charge in [0.25, 0.3) is 0 Å². The van der Waals surface area contributed by atoms with E-state index in [0.29, 0.717) is 6.04 Å². The number of hydrogen-bond acceptors (Lipinski definition) is 3. The maximum absolute atomic E-state index is 4.44. The van der Waals surface area contributed by atoms with Gasteiger partial charge in [0.2, 0.25) is 0 Å². The highest BCUT2D eigenvalue weighted by Crippen LogP contribution is 2.22. The van der Waals surface area contributed by atoms with Gasteiger partial charge in [-0.05, 0) is 36.6 Å². The highest BCUT2D eigenvalue weighted by molar-refractivity contribution is 7.99. The zero-order chi connectivity index (χ0) is 13.7. The number of rotatable bonds is 6. The molecule has 0 aliphatic rings. The van der Waals surface area contributed by atoms with Crippen LogP contribution in [0.5, 0.6) is 0 Å². The van der Waals surface area contributed by atoms with Crippen LogP contribution in [0, 0.1) is 0 Å². The van der Waals surface area contributed by atoms with Crippen molar-refractivity contribution in [3.8, 4) is 0 Å².